The van der Waals surface area contributed by atoms with E-state index in [4.69, 9.17) is 56.2 Å². The first-order chi connectivity index (χ1) is 66.8. The van der Waals surface area contributed by atoms with E-state index in [1.54, 1.807) is 60.7 Å². The lowest BCUT2D eigenvalue weighted by atomic mass is 9.80. The van der Waals surface area contributed by atoms with Gasteiger partial charge in [-0.2, -0.15) is 21.0 Å². The van der Waals surface area contributed by atoms with Crippen molar-refractivity contribution in [3.8, 4) is 165 Å². The minimum atomic E-state index is -0.334. The van der Waals surface area contributed by atoms with Crippen LogP contribution in [0.3, 0.4) is 0 Å². The summed E-state index contributed by atoms with van der Waals surface area (Å²) in [5.74, 6) is 2.67. The first-order valence-corrected chi connectivity index (χ1v) is 43.8. The van der Waals surface area contributed by atoms with Gasteiger partial charge in [0.25, 0.3) is 0 Å². The van der Waals surface area contributed by atoms with E-state index in [1.165, 1.54) is 22.3 Å². The molecule has 17 nitrogen and oxygen atoms in total. The Hall–Kier alpha value is -19.9. The fraction of sp³-hybridized carbons (Fsp3) is 0.0252. The Kier molecular flexibility index (Phi) is 20.2. The number of nitriles is 4. The summed E-state index contributed by atoms with van der Waals surface area (Å²) in [5, 5.41) is 48.1. The summed E-state index contributed by atoms with van der Waals surface area (Å²) in [6, 6.07) is 130. The van der Waals surface area contributed by atoms with Crippen LogP contribution >= 0.6 is 0 Å². The highest BCUT2D eigenvalue weighted by molar-refractivity contribution is 6.27. The van der Waals surface area contributed by atoms with Crippen LogP contribution in [0.5, 0.6) is 0 Å². The van der Waals surface area contributed by atoms with Crippen molar-refractivity contribution in [1.29, 1.82) is 21.0 Å². The van der Waals surface area contributed by atoms with E-state index in [2.05, 4.69) is 205 Å². The summed E-state index contributed by atoms with van der Waals surface area (Å²) in [6.07, 6.45) is 0. The fourth-order valence-corrected chi connectivity index (χ4v) is 19.5. The van der Waals surface area contributed by atoms with Crippen LogP contribution in [-0.2, 0) is 5.41 Å². The van der Waals surface area contributed by atoms with Crippen molar-refractivity contribution < 1.29 is 0 Å². The maximum Gasteiger partial charge on any atom is 0.177 e. The second-order valence-corrected chi connectivity index (χ2v) is 33.7. The number of nitrogens with zero attached hydrogens (tertiary/aromatic N) is 17. The molecule has 5 aromatic heterocycles. The van der Waals surface area contributed by atoms with Gasteiger partial charge in [0.2, 0.25) is 0 Å². The van der Waals surface area contributed by atoms with Crippen molar-refractivity contribution in [2.45, 2.75) is 19.3 Å². The molecule has 628 valence electrons. The van der Waals surface area contributed by atoms with Gasteiger partial charge in [0.1, 0.15) is 0 Å². The van der Waals surface area contributed by atoms with Gasteiger partial charge in [0.15, 0.2) is 57.7 Å². The minimum absolute atomic E-state index is 0.300. The van der Waals surface area contributed by atoms with Crippen molar-refractivity contribution in [1.82, 2.24) is 43.6 Å². The zero-order valence-electron chi connectivity index (χ0n) is 72.8. The molecule has 17 aromatic carbocycles. The third-order valence-corrected chi connectivity index (χ3v) is 25.4. The van der Waals surface area contributed by atoms with Gasteiger partial charge >= 0.3 is 0 Å². The maximum absolute atomic E-state index is 10.5. The zero-order chi connectivity index (χ0) is 92.4. The molecule has 22 aromatic rings. The SMILES string of the molecule is [C-]#[N+]c1cc([N+]#[C-])cc(-c2cc(-c3nc(-c4ccccc4)nc(-c4ccccc4)n3)cc(-c3cc(C#N)cc(C#N)c3)c2-n2c3ccccc3c3c2ccc2c4ccccc4n(-c4ccccc4)c23)c1.[C-]#[N+]c1cc([N+]#[C-])cc(-c2cc(-c3nc(-c4ccccc4)nc(-c4ccccc4)n3)cc(-c3cc(C#N)cc(C#N)c3)c2-n2c3ccccc3c3c4c(ccc32)-c2ccccc2C4(C)C)c1. The monoisotopic (exact) mass is 1730 g/mol. The molecule has 0 N–H and O–H groups in total. The van der Waals surface area contributed by atoms with Crippen molar-refractivity contribution in [2.24, 2.45) is 0 Å². The third kappa shape index (κ3) is 14.1. The molecule has 0 saturated carbocycles. The maximum atomic E-state index is 10.5. The molecular formula is C119H67N17. The topological polar surface area (TPSA) is 205 Å². The molecule has 0 radical (unpaired) electrons. The van der Waals surface area contributed by atoms with Crippen LogP contribution in [-0.4, -0.2) is 43.6 Å². The van der Waals surface area contributed by atoms with Crippen molar-refractivity contribution in [2.75, 3.05) is 0 Å². The van der Waals surface area contributed by atoms with Gasteiger partial charge in [0, 0.05) is 99.1 Å². The summed E-state index contributed by atoms with van der Waals surface area (Å²) >= 11 is 0. The molecule has 5 heterocycles. The first-order valence-electron chi connectivity index (χ1n) is 43.8. The molecule has 136 heavy (non-hydrogen) atoms. The number of benzene rings is 17. The number of fused-ring (bicyclic) bond motifs is 14. The normalized spacial score (nSPS) is 11.6. The Morgan fingerprint density at radius 3 is 0.956 bits per heavy atom. The number of hydrogen-bond donors (Lipinski definition) is 0. The van der Waals surface area contributed by atoms with E-state index in [9.17, 15) is 21.0 Å². The predicted octanol–water partition coefficient (Wildman–Crippen LogP) is 29.7. The summed E-state index contributed by atoms with van der Waals surface area (Å²) in [5.41, 5.74) is 24.9. The highest BCUT2D eigenvalue weighted by Gasteiger charge is 2.39. The summed E-state index contributed by atoms with van der Waals surface area (Å²) in [7, 11) is 0. The molecule has 17 heteroatoms. The van der Waals surface area contributed by atoms with E-state index in [1.807, 2.05) is 176 Å². The molecule has 1 aliphatic rings. The van der Waals surface area contributed by atoms with Crippen LogP contribution < -0.4 is 0 Å². The highest BCUT2D eigenvalue weighted by atomic mass is 15.1. The van der Waals surface area contributed by atoms with Crippen molar-refractivity contribution in [3.63, 3.8) is 0 Å². The van der Waals surface area contributed by atoms with E-state index in [-0.39, 0.29) is 5.41 Å². The standard InChI is InChI=1S/C61H33N9.C58H34N8/c1-64-45-31-43(32-46(35-45)65-2)52-34-44(61-67-59(40-16-6-3-7-17-40)66-60(68-61)41-18-8-4-9-19-41)33-51(42-29-38(36-62)28-39(30-42)37-63)57(52)70-54-25-15-13-23-50(54)56-55(70)27-26-49-48-22-12-14-24-53(48)69(58(49)56)47-20-10-5-11-21-47;1-58(2)49-21-13-11-19-44(49)45-23-24-51-52(53(45)58)46-20-12-14-22-50(46)66(51)54-47(39-26-35(33-59)25-36(27-39)34-60)30-41(31-48(54)40-28-42(61-3)32-43(29-40)62-4)57-64-55(37-15-7-5-8-16-37)63-56(65-57)38-17-9-6-10-18-38/h3-35H;5-32H,1-2H3. The van der Waals surface area contributed by atoms with Crippen LogP contribution in [0.25, 0.3) is 226 Å². The summed E-state index contributed by atoms with van der Waals surface area (Å²) < 4.78 is 6.85. The third-order valence-electron chi connectivity index (χ3n) is 25.4. The number of hydrogen-bond acceptors (Lipinski definition) is 10. The first kappa shape index (κ1) is 81.8. The molecule has 0 saturated heterocycles. The van der Waals surface area contributed by atoms with Crippen LogP contribution in [0.1, 0.15) is 47.2 Å². The smallest absolute Gasteiger partial charge is 0.177 e. The Morgan fingerprint density at radius 1 is 0.250 bits per heavy atom. The molecule has 0 aliphatic heterocycles. The predicted molar refractivity (Wildman–Crippen MR) is 539 cm³/mol. The largest absolute Gasteiger partial charge is 0.309 e. The fourth-order valence-electron chi connectivity index (χ4n) is 19.5. The van der Waals surface area contributed by atoms with E-state index < -0.39 is 0 Å². The lowest BCUT2D eigenvalue weighted by Crippen LogP contribution is -2.15. The number of para-hydroxylation sites is 4. The molecule has 1 aliphatic carbocycles. The molecule has 0 unspecified atom stereocenters. The van der Waals surface area contributed by atoms with Crippen LogP contribution in [0.4, 0.5) is 22.7 Å². The molecule has 0 bridgehead atoms. The molecule has 0 spiro atoms. The molecule has 0 atom stereocenters. The lowest BCUT2D eigenvalue weighted by Gasteiger charge is -2.23. The van der Waals surface area contributed by atoms with Gasteiger partial charge in [-0.1, -0.05) is 281 Å². The minimum Gasteiger partial charge on any atom is -0.309 e. The van der Waals surface area contributed by atoms with Crippen molar-refractivity contribution in [3.05, 3.63) is 449 Å². The Bertz CT molecular complexity index is 8730. The van der Waals surface area contributed by atoms with Gasteiger partial charge in [-0.15, -0.1) is 0 Å². The molecule has 0 fully saturated rings. The quantitative estimate of drug-likeness (QED) is 0.0999. The van der Waals surface area contributed by atoms with Gasteiger partial charge < -0.3 is 13.7 Å². The van der Waals surface area contributed by atoms with Crippen molar-refractivity contribution >= 4 is 88.2 Å². The Labute approximate surface area is 781 Å². The molecular weight excluding hydrogens is 1670 g/mol. The van der Waals surface area contributed by atoms with Crippen LogP contribution in [0.2, 0.25) is 0 Å². The van der Waals surface area contributed by atoms with E-state index in [0.717, 1.165) is 99.0 Å². The molecule has 23 rings (SSSR count). The number of rotatable bonds is 13. The summed E-state index contributed by atoms with van der Waals surface area (Å²) in [4.78, 5) is 45.9. The van der Waals surface area contributed by atoms with Crippen LogP contribution in [0.15, 0.2) is 370 Å². The Morgan fingerprint density at radius 2 is 0.566 bits per heavy atom. The lowest BCUT2D eigenvalue weighted by molar-refractivity contribution is 0.666. The van der Waals surface area contributed by atoms with Gasteiger partial charge in [-0.3, -0.25) is 0 Å². The van der Waals surface area contributed by atoms with E-state index in [0.29, 0.717) is 141 Å². The zero-order valence-corrected chi connectivity index (χ0v) is 72.8. The molecule has 0 amide bonds. The van der Waals surface area contributed by atoms with Gasteiger partial charge in [-0.05, 0) is 148 Å². The summed E-state index contributed by atoms with van der Waals surface area (Å²) in [6.45, 7) is 37.2. The van der Waals surface area contributed by atoms with E-state index >= 15 is 0 Å². The second kappa shape index (κ2) is 33.6. The highest BCUT2D eigenvalue weighted by Crippen LogP contribution is 2.56. The average molecular weight is 1730 g/mol. The number of aromatic nitrogens is 9. The average Bonchev–Trinajstić information content (AvgIpc) is 1.55. The van der Waals surface area contributed by atoms with Gasteiger partial charge in [0.05, 0.1) is 117 Å². The second-order valence-electron chi connectivity index (χ2n) is 33.7. The van der Waals surface area contributed by atoms with Gasteiger partial charge in [-0.25, -0.2) is 49.3 Å². The van der Waals surface area contributed by atoms with Crippen LogP contribution in [0, 0.1) is 71.6 Å². The Balaban J connectivity index is 0.000000158.